The Kier molecular flexibility index (Phi) is 5.51. The molecule has 0 amide bonds. The van der Waals surface area contributed by atoms with E-state index in [2.05, 4.69) is 29.2 Å². The molecule has 3 N–H and O–H groups in total. The van der Waals surface area contributed by atoms with Gasteiger partial charge in [0.25, 0.3) is 0 Å². The minimum absolute atomic E-state index is 0.628. The van der Waals surface area contributed by atoms with Crippen molar-refractivity contribution in [1.82, 2.24) is 9.97 Å². The number of aryl methyl sites for hydroxylation is 1. The molecule has 0 aliphatic heterocycles. The molecule has 0 fully saturated rings. The van der Waals surface area contributed by atoms with Crippen LogP contribution < -0.4 is 16.0 Å². The summed E-state index contributed by atoms with van der Waals surface area (Å²) in [6.07, 6.45) is 2.91. The fourth-order valence-corrected chi connectivity index (χ4v) is 2.03. The Morgan fingerprint density at radius 2 is 2.00 bits per heavy atom. The predicted molar refractivity (Wildman–Crippen MR) is 85.1 cm³/mol. The van der Waals surface area contributed by atoms with Crippen LogP contribution in [0.1, 0.15) is 32.4 Å². The van der Waals surface area contributed by atoms with Crippen LogP contribution in [0.4, 0.5) is 5.82 Å². The third kappa shape index (κ3) is 4.16. The third-order valence-corrected chi connectivity index (χ3v) is 3.00. The summed E-state index contributed by atoms with van der Waals surface area (Å²) in [4.78, 5) is 9.02. The predicted octanol–water partition coefficient (Wildman–Crippen LogP) is 3.17. The molecule has 112 valence electrons. The van der Waals surface area contributed by atoms with E-state index in [1.54, 1.807) is 0 Å². The number of nitrogens with two attached hydrogens (primary N) is 1. The minimum atomic E-state index is 0.628. The van der Waals surface area contributed by atoms with Gasteiger partial charge in [-0.3, -0.25) is 0 Å². The molecule has 0 aliphatic rings. The second-order valence-corrected chi connectivity index (χ2v) is 4.84. The summed E-state index contributed by atoms with van der Waals surface area (Å²) in [5, 5.41) is 0. The van der Waals surface area contributed by atoms with E-state index < -0.39 is 0 Å². The lowest BCUT2D eigenvalue weighted by molar-refractivity contribution is 0.317. The van der Waals surface area contributed by atoms with Crippen LogP contribution in [0.2, 0.25) is 0 Å². The van der Waals surface area contributed by atoms with Gasteiger partial charge >= 0.3 is 0 Å². The van der Waals surface area contributed by atoms with E-state index in [4.69, 9.17) is 10.6 Å². The summed E-state index contributed by atoms with van der Waals surface area (Å²) in [5.41, 5.74) is 4.51. The molecule has 5 nitrogen and oxygen atoms in total. The monoisotopic (exact) mass is 286 g/mol. The summed E-state index contributed by atoms with van der Waals surface area (Å²) in [7, 11) is 0. The largest absolute Gasteiger partial charge is 0.494 e. The number of nitrogens with zero attached hydrogens (tertiary/aromatic N) is 2. The van der Waals surface area contributed by atoms with Gasteiger partial charge in [0.2, 0.25) is 0 Å². The molecule has 0 spiro atoms. The van der Waals surface area contributed by atoms with Crippen molar-refractivity contribution < 1.29 is 4.74 Å². The fourth-order valence-electron chi connectivity index (χ4n) is 2.03. The molecule has 0 bridgehead atoms. The van der Waals surface area contributed by atoms with E-state index in [-0.39, 0.29) is 0 Å². The maximum absolute atomic E-state index is 5.66. The van der Waals surface area contributed by atoms with Gasteiger partial charge in [-0.25, -0.2) is 15.8 Å². The van der Waals surface area contributed by atoms with Gasteiger partial charge in [0.05, 0.1) is 6.61 Å². The lowest BCUT2D eigenvalue weighted by Crippen LogP contribution is -2.10. The zero-order chi connectivity index (χ0) is 15.1. The fraction of sp³-hybridized carbons (Fsp3) is 0.375. The van der Waals surface area contributed by atoms with Crippen LogP contribution in [0.3, 0.4) is 0 Å². The highest BCUT2D eigenvalue weighted by Crippen LogP contribution is 2.23. The van der Waals surface area contributed by atoms with Gasteiger partial charge in [-0.15, -0.1) is 0 Å². The van der Waals surface area contributed by atoms with Crippen LogP contribution in [0.25, 0.3) is 11.4 Å². The second-order valence-electron chi connectivity index (χ2n) is 4.84. The molecule has 2 aromatic rings. The number of aromatic nitrogens is 2. The van der Waals surface area contributed by atoms with Gasteiger partial charge < -0.3 is 10.2 Å². The molecular formula is C16H22N4O. The van der Waals surface area contributed by atoms with E-state index in [0.717, 1.165) is 36.3 Å². The molecule has 2 rings (SSSR count). The number of ether oxygens (including phenoxy) is 1. The Labute approximate surface area is 125 Å². The van der Waals surface area contributed by atoms with Crippen molar-refractivity contribution in [1.29, 1.82) is 0 Å². The van der Waals surface area contributed by atoms with Crippen molar-refractivity contribution >= 4 is 5.82 Å². The van der Waals surface area contributed by atoms with E-state index in [1.165, 1.54) is 0 Å². The molecule has 1 aromatic carbocycles. The van der Waals surface area contributed by atoms with E-state index >= 15 is 0 Å². The van der Waals surface area contributed by atoms with Gasteiger partial charge in [-0.05, 0) is 25.0 Å². The van der Waals surface area contributed by atoms with Crippen molar-refractivity contribution in [2.45, 2.75) is 33.1 Å². The standard InChI is InChI=1S/C16H22N4O/c1-3-6-13-11-15(20-17)19-16(18-13)12-7-5-8-14(10-12)21-9-4-2/h5,7-8,10-11H,3-4,6,9,17H2,1-2H3,(H,18,19,20). The molecule has 5 heteroatoms. The first-order valence-electron chi connectivity index (χ1n) is 7.34. The molecule has 0 atom stereocenters. The van der Waals surface area contributed by atoms with Gasteiger partial charge in [0.15, 0.2) is 5.82 Å². The number of nitrogens with one attached hydrogen (secondary N) is 1. The average molecular weight is 286 g/mol. The number of nitrogen functional groups attached to an aromatic ring is 1. The SMILES string of the molecule is CCCOc1cccc(-c2nc(CCC)cc(NN)n2)c1. The maximum atomic E-state index is 5.66. The highest BCUT2D eigenvalue weighted by Gasteiger charge is 2.07. The molecule has 21 heavy (non-hydrogen) atoms. The summed E-state index contributed by atoms with van der Waals surface area (Å²) in [6.45, 7) is 4.91. The zero-order valence-electron chi connectivity index (χ0n) is 12.6. The average Bonchev–Trinajstić information content (AvgIpc) is 2.53. The van der Waals surface area contributed by atoms with E-state index in [1.807, 2.05) is 30.3 Å². The number of anilines is 1. The van der Waals surface area contributed by atoms with Crippen LogP contribution in [0.15, 0.2) is 30.3 Å². The minimum Gasteiger partial charge on any atom is -0.494 e. The van der Waals surface area contributed by atoms with Crippen molar-refractivity contribution in [2.75, 3.05) is 12.0 Å². The number of hydrazine groups is 1. The zero-order valence-corrected chi connectivity index (χ0v) is 12.6. The normalized spacial score (nSPS) is 10.4. The maximum Gasteiger partial charge on any atom is 0.161 e. The van der Waals surface area contributed by atoms with Crippen LogP contribution in [0, 0.1) is 0 Å². The Morgan fingerprint density at radius 1 is 1.14 bits per heavy atom. The smallest absolute Gasteiger partial charge is 0.161 e. The number of benzene rings is 1. The quantitative estimate of drug-likeness (QED) is 0.604. The molecule has 1 heterocycles. The summed E-state index contributed by atoms with van der Waals surface area (Å²) < 4.78 is 5.66. The van der Waals surface area contributed by atoms with Crippen molar-refractivity contribution in [3.8, 4) is 17.1 Å². The Bertz CT molecular complexity index is 586. The van der Waals surface area contributed by atoms with Crippen molar-refractivity contribution in [2.24, 2.45) is 5.84 Å². The molecule has 0 aliphatic carbocycles. The molecule has 0 saturated carbocycles. The topological polar surface area (TPSA) is 73.1 Å². The van der Waals surface area contributed by atoms with Gasteiger partial charge in [-0.2, -0.15) is 0 Å². The van der Waals surface area contributed by atoms with Crippen LogP contribution in [0.5, 0.6) is 5.75 Å². The molecular weight excluding hydrogens is 264 g/mol. The molecule has 1 aromatic heterocycles. The lowest BCUT2D eigenvalue weighted by Gasteiger charge is -2.09. The van der Waals surface area contributed by atoms with Gasteiger partial charge in [0.1, 0.15) is 11.6 Å². The summed E-state index contributed by atoms with van der Waals surface area (Å²) in [6, 6.07) is 9.71. The van der Waals surface area contributed by atoms with Crippen LogP contribution >= 0.6 is 0 Å². The first kappa shape index (κ1) is 15.3. The Hall–Kier alpha value is -2.14. The van der Waals surface area contributed by atoms with Crippen molar-refractivity contribution in [3.63, 3.8) is 0 Å². The first-order chi connectivity index (χ1) is 10.3. The lowest BCUT2D eigenvalue weighted by atomic mass is 10.2. The van der Waals surface area contributed by atoms with E-state index in [0.29, 0.717) is 18.2 Å². The number of rotatable bonds is 7. The highest BCUT2D eigenvalue weighted by molar-refractivity contribution is 5.59. The number of hydrogen-bond donors (Lipinski definition) is 2. The van der Waals surface area contributed by atoms with Crippen LogP contribution in [-0.4, -0.2) is 16.6 Å². The summed E-state index contributed by atoms with van der Waals surface area (Å²) in [5.74, 6) is 7.62. The van der Waals surface area contributed by atoms with Crippen LogP contribution in [-0.2, 0) is 6.42 Å². The van der Waals surface area contributed by atoms with Gasteiger partial charge in [0, 0.05) is 17.3 Å². The van der Waals surface area contributed by atoms with Crippen molar-refractivity contribution in [3.05, 3.63) is 36.0 Å². The molecule has 0 unspecified atom stereocenters. The first-order valence-corrected chi connectivity index (χ1v) is 7.34. The molecule has 0 radical (unpaired) electrons. The third-order valence-electron chi connectivity index (χ3n) is 3.00. The highest BCUT2D eigenvalue weighted by atomic mass is 16.5. The van der Waals surface area contributed by atoms with E-state index in [9.17, 15) is 0 Å². The Balaban J connectivity index is 2.33. The summed E-state index contributed by atoms with van der Waals surface area (Å²) >= 11 is 0. The number of hydrogen-bond acceptors (Lipinski definition) is 5. The second kappa shape index (κ2) is 7.59. The Morgan fingerprint density at radius 3 is 2.71 bits per heavy atom. The molecule has 0 saturated heterocycles. The van der Waals surface area contributed by atoms with Gasteiger partial charge in [-0.1, -0.05) is 32.4 Å².